The molecule has 1 fully saturated rings. The highest BCUT2D eigenvalue weighted by Crippen LogP contribution is 2.28. The summed E-state index contributed by atoms with van der Waals surface area (Å²) in [5.41, 5.74) is 1.13. The largest absolute Gasteiger partial charge is 0.383 e. The predicted octanol–water partition coefficient (Wildman–Crippen LogP) is 2.51. The zero-order chi connectivity index (χ0) is 13.5. The molecule has 0 atom stereocenters. The van der Waals surface area contributed by atoms with Crippen molar-refractivity contribution in [3.8, 4) is 0 Å². The maximum absolute atomic E-state index is 5.01. The third kappa shape index (κ3) is 4.75. The second-order valence-corrected chi connectivity index (χ2v) is 6.16. The number of thiazole rings is 1. The van der Waals surface area contributed by atoms with E-state index in [0.717, 1.165) is 43.0 Å². The minimum Gasteiger partial charge on any atom is -0.383 e. The van der Waals surface area contributed by atoms with E-state index in [1.165, 1.54) is 25.7 Å². The lowest BCUT2D eigenvalue weighted by Crippen LogP contribution is -2.24. The molecule has 19 heavy (non-hydrogen) atoms. The molecule has 1 aromatic heterocycles. The third-order valence-electron chi connectivity index (χ3n) is 3.66. The molecule has 1 aromatic rings. The first kappa shape index (κ1) is 14.8. The van der Waals surface area contributed by atoms with Crippen LogP contribution in [0.3, 0.4) is 0 Å². The molecule has 1 saturated carbocycles. The fourth-order valence-corrected chi connectivity index (χ4v) is 3.40. The van der Waals surface area contributed by atoms with Crippen molar-refractivity contribution in [2.24, 2.45) is 5.92 Å². The highest BCUT2D eigenvalue weighted by atomic mass is 32.1. The lowest BCUT2D eigenvalue weighted by molar-refractivity contribution is 0.199. The third-order valence-corrected chi connectivity index (χ3v) is 4.67. The van der Waals surface area contributed by atoms with E-state index in [-0.39, 0.29) is 0 Å². The summed E-state index contributed by atoms with van der Waals surface area (Å²) in [6.45, 7) is 3.61. The molecule has 0 unspecified atom stereocenters. The molecule has 0 saturated heterocycles. The number of ether oxygens (including phenoxy) is 1. The van der Waals surface area contributed by atoms with Gasteiger partial charge in [-0.05, 0) is 18.8 Å². The van der Waals surface area contributed by atoms with Crippen LogP contribution in [0.25, 0.3) is 0 Å². The van der Waals surface area contributed by atoms with Crippen LogP contribution in [0.5, 0.6) is 0 Å². The minimum atomic E-state index is 0.749. The Morgan fingerprint density at radius 2 is 2.26 bits per heavy atom. The molecule has 0 bridgehead atoms. The summed E-state index contributed by atoms with van der Waals surface area (Å²) in [6.07, 6.45) is 5.60. The second kappa shape index (κ2) is 7.82. The standard InChI is InChI=1S/C14H25N3OS/c1-17(10-12-5-3-4-6-12)14-16-13(11-19-14)9-15-7-8-18-2/h11-12,15H,3-10H2,1-2H3. The summed E-state index contributed by atoms with van der Waals surface area (Å²) in [4.78, 5) is 7.01. The van der Waals surface area contributed by atoms with Crippen LogP contribution < -0.4 is 10.2 Å². The first-order valence-electron chi connectivity index (χ1n) is 7.15. The topological polar surface area (TPSA) is 37.4 Å². The Hall–Kier alpha value is -0.650. The van der Waals surface area contributed by atoms with E-state index >= 15 is 0 Å². The van der Waals surface area contributed by atoms with E-state index in [1.54, 1.807) is 18.4 Å². The summed E-state index contributed by atoms with van der Waals surface area (Å²) in [7, 11) is 3.89. The van der Waals surface area contributed by atoms with E-state index in [4.69, 9.17) is 9.72 Å². The number of anilines is 1. The van der Waals surface area contributed by atoms with E-state index in [2.05, 4.69) is 22.6 Å². The smallest absolute Gasteiger partial charge is 0.185 e. The van der Waals surface area contributed by atoms with Crippen LogP contribution in [-0.2, 0) is 11.3 Å². The lowest BCUT2D eigenvalue weighted by atomic mass is 10.1. The van der Waals surface area contributed by atoms with E-state index < -0.39 is 0 Å². The molecule has 1 heterocycles. The zero-order valence-electron chi connectivity index (χ0n) is 12.0. The number of nitrogens with one attached hydrogen (secondary N) is 1. The molecular weight excluding hydrogens is 258 g/mol. The highest BCUT2D eigenvalue weighted by molar-refractivity contribution is 7.13. The Bertz CT molecular complexity index is 363. The summed E-state index contributed by atoms with van der Waals surface area (Å²) in [6, 6.07) is 0. The van der Waals surface area contributed by atoms with Gasteiger partial charge in [-0.25, -0.2) is 4.98 Å². The average Bonchev–Trinajstić information content (AvgIpc) is 3.05. The molecule has 2 rings (SSSR count). The molecule has 0 radical (unpaired) electrons. The van der Waals surface area contributed by atoms with Crippen molar-refractivity contribution >= 4 is 16.5 Å². The Morgan fingerprint density at radius 3 is 3.00 bits per heavy atom. The summed E-state index contributed by atoms with van der Waals surface area (Å²) < 4.78 is 5.01. The van der Waals surface area contributed by atoms with E-state index in [1.807, 2.05) is 0 Å². The van der Waals surface area contributed by atoms with Gasteiger partial charge < -0.3 is 15.0 Å². The van der Waals surface area contributed by atoms with Crippen molar-refractivity contribution in [2.75, 3.05) is 38.8 Å². The second-order valence-electron chi connectivity index (χ2n) is 5.32. The Labute approximate surface area is 120 Å². The average molecular weight is 283 g/mol. The molecule has 1 N–H and O–H groups in total. The van der Waals surface area contributed by atoms with Crippen molar-refractivity contribution in [3.63, 3.8) is 0 Å². The fraction of sp³-hybridized carbons (Fsp3) is 0.786. The molecule has 0 spiro atoms. The van der Waals surface area contributed by atoms with Gasteiger partial charge in [0, 0.05) is 39.2 Å². The van der Waals surface area contributed by atoms with Crippen LogP contribution in [0.4, 0.5) is 5.13 Å². The number of aromatic nitrogens is 1. The van der Waals surface area contributed by atoms with Crippen LogP contribution in [0.2, 0.25) is 0 Å². The molecule has 0 aromatic carbocycles. The van der Waals surface area contributed by atoms with Crippen LogP contribution in [-0.4, -0.2) is 38.8 Å². The van der Waals surface area contributed by atoms with Gasteiger partial charge in [-0.15, -0.1) is 11.3 Å². The minimum absolute atomic E-state index is 0.749. The quantitative estimate of drug-likeness (QED) is 0.744. The number of hydrogen-bond donors (Lipinski definition) is 1. The van der Waals surface area contributed by atoms with Crippen LogP contribution >= 0.6 is 11.3 Å². The molecule has 4 nitrogen and oxygen atoms in total. The molecule has 5 heteroatoms. The highest BCUT2D eigenvalue weighted by Gasteiger charge is 2.18. The van der Waals surface area contributed by atoms with Gasteiger partial charge in [-0.3, -0.25) is 0 Å². The van der Waals surface area contributed by atoms with Gasteiger partial charge in [0.2, 0.25) is 0 Å². The first-order chi connectivity index (χ1) is 9.29. The Balaban J connectivity index is 1.75. The summed E-state index contributed by atoms with van der Waals surface area (Å²) in [5, 5.41) is 6.63. The Kier molecular flexibility index (Phi) is 6.07. The molecular formula is C14H25N3OS. The van der Waals surface area contributed by atoms with Crippen molar-refractivity contribution < 1.29 is 4.74 Å². The molecule has 0 amide bonds. The Morgan fingerprint density at radius 1 is 1.47 bits per heavy atom. The van der Waals surface area contributed by atoms with E-state index in [9.17, 15) is 0 Å². The maximum atomic E-state index is 5.01. The van der Waals surface area contributed by atoms with Gasteiger partial charge in [-0.2, -0.15) is 0 Å². The molecule has 1 aliphatic rings. The van der Waals surface area contributed by atoms with Gasteiger partial charge in [-0.1, -0.05) is 12.8 Å². The number of hydrogen-bond acceptors (Lipinski definition) is 5. The maximum Gasteiger partial charge on any atom is 0.185 e. The van der Waals surface area contributed by atoms with Gasteiger partial charge >= 0.3 is 0 Å². The predicted molar refractivity (Wildman–Crippen MR) is 80.9 cm³/mol. The van der Waals surface area contributed by atoms with Crippen LogP contribution in [0.15, 0.2) is 5.38 Å². The van der Waals surface area contributed by atoms with Crippen molar-refractivity contribution in [1.29, 1.82) is 0 Å². The zero-order valence-corrected chi connectivity index (χ0v) is 12.8. The lowest BCUT2D eigenvalue weighted by Gasteiger charge is -2.19. The van der Waals surface area contributed by atoms with Gasteiger partial charge in [0.25, 0.3) is 0 Å². The van der Waals surface area contributed by atoms with Gasteiger partial charge in [0.15, 0.2) is 5.13 Å². The van der Waals surface area contributed by atoms with Crippen molar-refractivity contribution in [2.45, 2.75) is 32.2 Å². The number of nitrogens with zero attached hydrogens (tertiary/aromatic N) is 2. The molecule has 0 aliphatic heterocycles. The van der Waals surface area contributed by atoms with E-state index in [0.29, 0.717) is 0 Å². The van der Waals surface area contributed by atoms with Gasteiger partial charge in [0.1, 0.15) is 0 Å². The number of rotatable bonds is 8. The number of methoxy groups -OCH3 is 1. The summed E-state index contributed by atoms with van der Waals surface area (Å²) >= 11 is 1.75. The normalized spacial score (nSPS) is 16.1. The van der Waals surface area contributed by atoms with Crippen LogP contribution in [0, 0.1) is 5.92 Å². The summed E-state index contributed by atoms with van der Waals surface area (Å²) in [5.74, 6) is 0.872. The fourth-order valence-electron chi connectivity index (χ4n) is 2.60. The van der Waals surface area contributed by atoms with Crippen molar-refractivity contribution in [3.05, 3.63) is 11.1 Å². The molecule has 108 valence electrons. The SMILES string of the molecule is COCCNCc1csc(N(C)CC2CCCC2)n1. The van der Waals surface area contributed by atoms with Gasteiger partial charge in [0.05, 0.1) is 12.3 Å². The van der Waals surface area contributed by atoms with Crippen LogP contribution in [0.1, 0.15) is 31.4 Å². The first-order valence-corrected chi connectivity index (χ1v) is 8.02. The molecule has 1 aliphatic carbocycles. The monoisotopic (exact) mass is 283 g/mol. The van der Waals surface area contributed by atoms with Crippen molar-refractivity contribution in [1.82, 2.24) is 10.3 Å².